The van der Waals surface area contributed by atoms with E-state index in [1.54, 1.807) is 19.3 Å². The molecule has 8 nitrogen and oxygen atoms in total. The summed E-state index contributed by atoms with van der Waals surface area (Å²) in [5, 5.41) is 16.8. The Labute approximate surface area is 155 Å². The second-order valence-electron chi connectivity index (χ2n) is 7.54. The van der Waals surface area contributed by atoms with E-state index in [2.05, 4.69) is 29.0 Å². The highest BCUT2D eigenvalue weighted by molar-refractivity contribution is 5.82. The first kappa shape index (κ1) is 16.2. The summed E-state index contributed by atoms with van der Waals surface area (Å²) >= 11 is 0. The molecule has 5 rings (SSSR count). The number of ether oxygens (including phenoxy) is 1. The molecule has 0 bridgehead atoms. The second-order valence-corrected chi connectivity index (χ2v) is 7.54. The topological polar surface area (TPSA) is 92.4 Å². The Kier molecular flexibility index (Phi) is 3.30. The van der Waals surface area contributed by atoms with Gasteiger partial charge in [0, 0.05) is 13.0 Å². The molecule has 3 aromatic heterocycles. The Bertz CT molecular complexity index is 1180. The van der Waals surface area contributed by atoms with Crippen molar-refractivity contribution >= 4 is 16.6 Å². The predicted molar refractivity (Wildman–Crippen MR) is 96.8 cm³/mol. The van der Waals surface area contributed by atoms with E-state index >= 15 is 0 Å². The molecule has 1 aromatic carbocycles. The third-order valence-corrected chi connectivity index (χ3v) is 5.17. The summed E-state index contributed by atoms with van der Waals surface area (Å²) in [5.74, 6) is 0.810. The van der Waals surface area contributed by atoms with Crippen molar-refractivity contribution in [1.82, 2.24) is 19.5 Å². The standard InChI is InChI=1S/C19H19N5O3/c1-11-16-15(17-21-18(27-22-17)14-8-9-19(2,3)26-14)20-10-23(16)12-6-4-5-7-13(12)24(11)25/h4-7,10,14H,8-9H2,1-3H3. The fraction of sp³-hybridized carbons (Fsp3) is 0.368. The molecule has 1 atom stereocenters. The van der Waals surface area contributed by atoms with Crippen LogP contribution in [0.4, 0.5) is 0 Å². The maximum absolute atomic E-state index is 12.7. The van der Waals surface area contributed by atoms with Gasteiger partial charge in [-0.3, -0.25) is 4.40 Å². The lowest BCUT2D eigenvalue weighted by Crippen LogP contribution is -2.32. The van der Waals surface area contributed by atoms with E-state index in [4.69, 9.17) is 9.26 Å². The maximum atomic E-state index is 12.7. The molecule has 1 fully saturated rings. The first-order chi connectivity index (χ1) is 12.9. The number of para-hydroxylation sites is 2. The molecule has 138 valence electrons. The van der Waals surface area contributed by atoms with Gasteiger partial charge in [-0.05, 0) is 32.8 Å². The number of aryl methyl sites for hydroxylation is 1. The van der Waals surface area contributed by atoms with Crippen LogP contribution in [0.25, 0.3) is 28.1 Å². The first-order valence-electron chi connectivity index (χ1n) is 8.94. The van der Waals surface area contributed by atoms with Gasteiger partial charge in [0.05, 0.1) is 5.60 Å². The Morgan fingerprint density at radius 1 is 1.30 bits per heavy atom. The van der Waals surface area contributed by atoms with Crippen LogP contribution in [0, 0.1) is 12.1 Å². The van der Waals surface area contributed by atoms with Crippen LogP contribution in [0.3, 0.4) is 0 Å². The summed E-state index contributed by atoms with van der Waals surface area (Å²) in [6.45, 7) is 5.87. The quantitative estimate of drug-likeness (QED) is 0.400. The molecule has 1 aliphatic rings. The van der Waals surface area contributed by atoms with Crippen molar-refractivity contribution in [3.05, 3.63) is 47.4 Å². The van der Waals surface area contributed by atoms with Gasteiger partial charge >= 0.3 is 0 Å². The highest BCUT2D eigenvalue weighted by atomic mass is 16.5. The summed E-state index contributed by atoms with van der Waals surface area (Å²) in [5.41, 5.74) is 2.90. The number of imidazole rings is 1. The van der Waals surface area contributed by atoms with Crippen LogP contribution in [0.2, 0.25) is 0 Å². The van der Waals surface area contributed by atoms with Crippen LogP contribution in [0.15, 0.2) is 35.1 Å². The molecule has 4 aromatic rings. The molecule has 1 saturated heterocycles. The lowest BCUT2D eigenvalue weighted by atomic mass is 10.1. The lowest BCUT2D eigenvalue weighted by molar-refractivity contribution is -0.583. The third kappa shape index (κ3) is 2.40. The average Bonchev–Trinajstić information content (AvgIpc) is 3.36. The molecule has 0 radical (unpaired) electrons. The van der Waals surface area contributed by atoms with Crippen LogP contribution in [0.5, 0.6) is 0 Å². The van der Waals surface area contributed by atoms with Gasteiger partial charge in [-0.2, -0.15) is 9.71 Å². The number of aromatic nitrogens is 5. The predicted octanol–water partition coefficient (Wildman–Crippen LogP) is 3.11. The van der Waals surface area contributed by atoms with Crippen molar-refractivity contribution < 1.29 is 14.0 Å². The van der Waals surface area contributed by atoms with Gasteiger partial charge in [0.2, 0.25) is 17.0 Å². The molecule has 0 amide bonds. The number of hydrogen-bond donors (Lipinski definition) is 0. The van der Waals surface area contributed by atoms with Crippen molar-refractivity contribution in [1.29, 1.82) is 0 Å². The molecule has 1 aliphatic heterocycles. The average molecular weight is 365 g/mol. The number of benzene rings is 1. The number of rotatable bonds is 2. The summed E-state index contributed by atoms with van der Waals surface area (Å²) in [4.78, 5) is 8.98. The Hall–Kier alpha value is -3.00. The first-order valence-corrected chi connectivity index (χ1v) is 8.94. The van der Waals surface area contributed by atoms with Crippen molar-refractivity contribution in [2.24, 2.45) is 0 Å². The van der Waals surface area contributed by atoms with Gasteiger partial charge in [-0.25, -0.2) is 4.98 Å². The second kappa shape index (κ2) is 5.50. The summed E-state index contributed by atoms with van der Waals surface area (Å²) in [6.07, 6.45) is 3.25. The smallest absolute Gasteiger partial charge is 0.256 e. The van der Waals surface area contributed by atoms with Gasteiger partial charge in [0.15, 0.2) is 0 Å². The van der Waals surface area contributed by atoms with Crippen LogP contribution in [-0.2, 0) is 4.74 Å². The molecule has 0 aliphatic carbocycles. The fourth-order valence-corrected chi connectivity index (χ4v) is 3.77. The molecular weight excluding hydrogens is 346 g/mol. The van der Waals surface area contributed by atoms with E-state index in [0.29, 0.717) is 34.1 Å². The van der Waals surface area contributed by atoms with Crippen LogP contribution < -0.4 is 4.73 Å². The minimum atomic E-state index is -0.207. The van der Waals surface area contributed by atoms with Gasteiger partial charge in [-0.1, -0.05) is 17.3 Å². The largest absolute Gasteiger partial charge is 0.618 e. The van der Waals surface area contributed by atoms with Gasteiger partial charge in [0.1, 0.15) is 29.2 Å². The summed E-state index contributed by atoms with van der Waals surface area (Å²) in [6, 6.07) is 7.41. The van der Waals surface area contributed by atoms with Crippen LogP contribution in [-0.4, -0.2) is 25.1 Å². The third-order valence-electron chi connectivity index (χ3n) is 5.17. The normalized spacial score (nSPS) is 19.3. The Morgan fingerprint density at radius 2 is 2.11 bits per heavy atom. The molecule has 4 heterocycles. The van der Waals surface area contributed by atoms with E-state index in [1.807, 2.05) is 22.6 Å². The molecular formula is C19H19N5O3. The minimum absolute atomic E-state index is 0.190. The SMILES string of the molecule is Cc1c2c(-c3noc(C4CCC(C)(C)O4)n3)ncn2c2ccccc2[n+]1[O-]. The van der Waals surface area contributed by atoms with Crippen molar-refractivity contribution in [3.63, 3.8) is 0 Å². The van der Waals surface area contributed by atoms with Crippen molar-refractivity contribution in [2.45, 2.75) is 45.3 Å². The molecule has 8 heteroatoms. The van der Waals surface area contributed by atoms with E-state index in [9.17, 15) is 5.21 Å². The highest BCUT2D eigenvalue weighted by Crippen LogP contribution is 2.38. The summed E-state index contributed by atoms with van der Waals surface area (Å²) < 4.78 is 14.2. The molecule has 1 unspecified atom stereocenters. The molecule has 0 saturated carbocycles. The van der Waals surface area contributed by atoms with Crippen LogP contribution in [0.1, 0.15) is 44.4 Å². The zero-order chi connectivity index (χ0) is 18.8. The van der Waals surface area contributed by atoms with E-state index in [-0.39, 0.29) is 11.7 Å². The van der Waals surface area contributed by atoms with Gasteiger partial charge in [0.25, 0.3) is 5.89 Å². The zero-order valence-corrected chi connectivity index (χ0v) is 15.3. The number of nitrogens with zero attached hydrogens (tertiary/aromatic N) is 5. The molecule has 0 N–H and O–H groups in total. The fourth-order valence-electron chi connectivity index (χ4n) is 3.77. The molecule has 0 spiro atoms. The van der Waals surface area contributed by atoms with Gasteiger partial charge < -0.3 is 14.5 Å². The number of fused-ring (bicyclic) bond motifs is 3. The van der Waals surface area contributed by atoms with Crippen molar-refractivity contribution in [3.8, 4) is 11.5 Å². The lowest BCUT2D eigenvalue weighted by Gasteiger charge is -2.17. The molecule has 27 heavy (non-hydrogen) atoms. The Balaban J connectivity index is 1.65. The number of hydrogen-bond acceptors (Lipinski definition) is 6. The minimum Gasteiger partial charge on any atom is -0.618 e. The maximum Gasteiger partial charge on any atom is 0.256 e. The van der Waals surface area contributed by atoms with Gasteiger partial charge in [-0.15, -0.1) is 0 Å². The van der Waals surface area contributed by atoms with E-state index < -0.39 is 0 Å². The highest BCUT2D eigenvalue weighted by Gasteiger charge is 2.36. The zero-order valence-electron chi connectivity index (χ0n) is 15.3. The van der Waals surface area contributed by atoms with Crippen LogP contribution >= 0.6 is 0 Å². The summed E-state index contributed by atoms with van der Waals surface area (Å²) in [7, 11) is 0. The van der Waals surface area contributed by atoms with E-state index in [1.165, 1.54) is 0 Å². The van der Waals surface area contributed by atoms with Crippen molar-refractivity contribution in [2.75, 3.05) is 0 Å². The monoisotopic (exact) mass is 365 g/mol. The Morgan fingerprint density at radius 3 is 2.89 bits per heavy atom. The van der Waals surface area contributed by atoms with E-state index in [0.717, 1.165) is 23.1 Å².